The molecule has 1 saturated carbocycles. The third-order valence-electron chi connectivity index (χ3n) is 6.03. The highest BCUT2D eigenvalue weighted by atomic mass is 32.2. The van der Waals surface area contributed by atoms with E-state index in [4.69, 9.17) is 0 Å². The van der Waals surface area contributed by atoms with Crippen LogP contribution in [-0.4, -0.2) is 44.4 Å². The minimum Gasteiger partial charge on any atom is -0.342 e. The number of carbonyl (C=O) groups excluding carboxylic acids is 1. The van der Waals surface area contributed by atoms with Gasteiger partial charge in [0.15, 0.2) is 11.0 Å². The standard InChI is InChI=1S/C22H28N4OS/c1-2-13-26-21(18-9-4-3-5-10-18)23-24-22(26)28-16-20(27)25-14-12-17-8-6-7-11-19(17)15-25/h2-5,9-10,17,19H,1,6-8,11-16H2/t17-,19-/m1/s1. The molecule has 1 aliphatic carbocycles. The van der Waals surface area contributed by atoms with E-state index in [1.165, 1.54) is 43.9 Å². The van der Waals surface area contributed by atoms with E-state index in [1.54, 1.807) is 0 Å². The zero-order chi connectivity index (χ0) is 19.3. The van der Waals surface area contributed by atoms with Gasteiger partial charge in [0.05, 0.1) is 5.75 Å². The first kappa shape index (κ1) is 19.2. The fourth-order valence-corrected chi connectivity index (χ4v) is 5.39. The molecule has 0 bridgehead atoms. The van der Waals surface area contributed by atoms with Crippen molar-refractivity contribution >= 4 is 17.7 Å². The van der Waals surface area contributed by atoms with Crippen LogP contribution in [0.3, 0.4) is 0 Å². The SMILES string of the molecule is C=CCn1c(SCC(=O)N2CC[C@H]3CCCC[C@@H]3C2)nnc1-c1ccccc1. The summed E-state index contributed by atoms with van der Waals surface area (Å²) >= 11 is 1.48. The lowest BCUT2D eigenvalue weighted by molar-refractivity contribution is -0.131. The van der Waals surface area contributed by atoms with Gasteiger partial charge < -0.3 is 4.90 Å². The number of piperidine rings is 1. The maximum Gasteiger partial charge on any atom is 0.233 e. The number of aromatic nitrogens is 3. The van der Waals surface area contributed by atoms with Crippen LogP contribution in [0.2, 0.25) is 0 Å². The molecule has 2 atom stereocenters. The van der Waals surface area contributed by atoms with E-state index in [0.717, 1.165) is 35.6 Å². The molecule has 1 aromatic carbocycles. The number of likely N-dealkylation sites (tertiary alicyclic amines) is 1. The van der Waals surface area contributed by atoms with Gasteiger partial charge in [-0.1, -0.05) is 67.4 Å². The van der Waals surface area contributed by atoms with Crippen molar-refractivity contribution < 1.29 is 4.79 Å². The maximum atomic E-state index is 12.8. The molecule has 0 radical (unpaired) electrons. The van der Waals surface area contributed by atoms with Gasteiger partial charge >= 0.3 is 0 Å². The molecular formula is C22H28N4OS. The number of nitrogens with zero attached hydrogens (tertiary/aromatic N) is 4. The zero-order valence-corrected chi connectivity index (χ0v) is 17.1. The summed E-state index contributed by atoms with van der Waals surface area (Å²) in [5.41, 5.74) is 1.02. The Morgan fingerprint density at radius 1 is 1.14 bits per heavy atom. The van der Waals surface area contributed by atoms with Crippen LogP contribution in [0.15, 0.2) is 48.1 Å². The van der Waals surface area contributed by atoms with Gasteiger partial charge in [-0.15, -0.1) is 16.8 Å². The van der Waals surface area contributed by atoms with Crippen molar-refractivity contribution in [1.82, 2.24) is 19.7 Å². The highest BCUT2D eigenvalue weighted by Crippen LogP contribution is 2.36. The summed E-state index contributed by atoms with van der Waals surface area (Å²) in [7, 11) is 0. The van der Waals surface area contributed by atoms with E-state index in [9.17, 15) is 4.79 Å². The number of carbonyl (C=O) groups is 1. The molecule has 6 heteroatoms. The highest BCUT2D eigenvalue weighted by Gasteiger charge is 2.32. The smallest absolute Gasteiger partial charge is 0.233 e. The molecule has 0 unspecified atom stereocenters. The molecule has 1 aromatic heterocycles. The van der Waals surface area contributed by atoms with Crippen LogP contribution in [0.4, 0.5) is 0 Å². The van der Waals surface area contributed by atoms with Crippen LogP contribution in [-0.2, 0) is 11.3 Å². The lowest BCUT2D eigenvalue weighted by Crippen LogP contribution is -2.45. The molecule has 148 valence electrons. The topological polar surface area (TPSA) is 51.0 Å². The van der Waals surface area contributed by atoms with Gasteiger partial charge in [-0.05, 0) is 24.7 Å². The lowest BCUT2D eigenvalue weighted by atomic mass is 9.75. The van der Waals surface area contributed by atoms with Gasteiger partial charge in [0.1, 0.15) is 0 Å². The Morgan fingerprint density at radius 2 is 1.93 bits per heavy atom. The fourth-order valence-electron chi connectivity index (χ4n) is 4.53. The molecule has 2 fully saturated rings. The quantitative estimate of drug-likeness (QED) is 0.541. The Morgan fingerprint density at radius 3 is 2.71 bits per heavy atom. The number of hydrogen-bond donors (Lipinski definition) is 0. The van der Waals surface area contributed by atoms with Gasteiger partial charge in [-0.25, -0.2) is 0 Å². The van der Waals surface area contributed by atoms with Gasteiger partial charge in [-0.2, -0.15) is 0 Å². The molecule has 0 N–H and O–H groups in total. The number of fused-ring (bicyclic) bond motifs is 1. The van der Waals surface area contributed by atoms with Crippen LogP contribution in [0.1, 0.15) is 32.1 Å². The average Bonchev–Trinajstić information content (AvgIpc) is 3.15. The summed E-state index contributed by atoms with van der Waals surface area (Å²) in [4.78, 5) is 14.9. The van der Waals surface area contributed by atoms with Crippen LogP contribution in [0.25, 0.3) is 11.4 Å². The molecule has 1 saturated heterocycles. The van der Waals surface area contributed by atoms with E-state index < -0.39 is 0 Å². The largest absolute Gasteiger partial charge is 0.342 e. The number of benzene rings is 1. The molecular weight excluding hydrogens is 368 g/mol. The van der Waals surface area contributed by atoms with Crippen molar-refractivity contribution in [3.05, 3.63) is 43.0 Å². The summed E-state index contributed by atoms with van der Waals surface area (Å²) in [6, 6.07) is 10.0. The fraction of sp³-hybridized carbons (Fsp3) is 0.500. The van der Waals surface area contributed by atoms with Crippen LogP contribution in [0.5, 0.6) is 0 Å². The summed E-state index contributed by atoms with van der Waals surface area (Å²) in [6.45, 7) is 6.34. The normalized spacial score (nSPS) is 21.9. The van der Waals surface area contributed by atoms with Crippen molar-refractivity contribution in [1.29, 1.82) is 0 Å². The first-order valence-corrected chi connectivity index (χ1v) is 11.2. The Hall–Kier alpha value is -2.08. The third-order valence-corrected chi connectivity index (χ3v) is 6.98. The zero-order valence-electron chi connectivity index (χ0n) is 16.3. The minimum absolute atomic E-state index is 0.225. The molecule has 1 amide bonds. The molecule has 0 spiro atoms. The Balaban J connectivity index is 1.41. The van der Waals surface area contributed by atoms with E-state index in [-0.39, 0.29) is 5.91 Å². The number of amides is 1. The van der Waals surface area contributed by atoms with Crippen molar-refractivity contribution in [3.8, 4) is 11.4 Å². The van der Waals surface area contributed by atoms with Crippen LogP contribution in [0, 0.1) is 11.8 Å². The molecule has 2 aliphatic rings. The van der Waals surface area contributed by atoms with E-state index in [0.29, 0.717) is 18.2 Å². The minimum atomic E-state index is 0.225. The van der Waals surface area contributed by atoms with Gasteiger partial charge in [0.2, 0.25) is 5.91 Å². The maximum absolute atomic E-state index is 12.8. The molecule has 2 aromatic rings. The molecule has 2 heterocycles. The van der Waals surface area contributed by atoms with Gasteiger partial charge in [0, 0.05) is 25.2 Å². The molecule has 28 heavy (non-hydrogen) atoms. The summed E-state index contributed by atoms with van der Waals surface area (Å²) in [5.74, 6) is 3.02. The Labute approximate surface area is 171 Å². The van der Waals surface area contributed by atoms with Gasteiger partial charge in [-0.3, -0.25) is 9.36 Å². The number of thioether (sulfide) groups is 1. The molecule has 4 rings (SSSR count). The second kappa shape index (κ2) is 8.95. The Bertz CT molecular complexity index is 819. The van der Waals surface area contributed by atoms with Crippen molar-refractivity contribution in [2.45, 2.75) is 43.8 Å². The third kappa shape index (κ3) is 4.17. The van der Waals surface area contributed by atoms with Crippen LogP contribution < -0.4 is 0 Å². The number of allylic oxidation sites excluding steroid dienone is 1. The second-order valence-electron chi connectivity index (χ2n) is 7.79. The first-order chi connectivity index (χ1) is 13.8. The lowest BCUT2D eigenvalue weighted by Gasteiger charge is -2.41. The van der Waals surface area contributed by atoms with Crippen LogP contribution >= 0.6 is 11.8 Å². The summed E-state index contributed by atoms with van der Waals surface area (Å²) in [6.07, 6.45) is 8.35. The monoisotopic (exact) mass is 396 g/mol. The number of hydrogen-bond acceptors (Lipinski definition) is 4. The predicted molar refractivity (Wildman–Crippen MR) is 113 cm³/mol. The highest BCUT2D eigenvalue weighted by molar-refractivity contribution is 7.99. The van der Waals surface area contributed by atoms with Crippen molar-refractivity contribution in [2.75, 3.05) is 18.8 Å². The van der Waals surface area contributed by atoms with Crippen molar-refractivity contribution in [3.63, 3.8) is 0 Å². The average molecular weight is 397 g/mol. The molecule has 1 aliphatic heterocycles. The van der Waals surface area contributed by atoms with Crippen molar-refractivity contribution in [2.24, 2.45) is 11.8 Å². The summed E-state index contributed by atoms with van der Waals surface area (Å²) < 4.78 is 2.04. The van der Waals surface area contributed by atoms with E-state index in [2.05, 4.69) is 21.7 Å². The Kier molecular flexibility index (Phi) is 6.15. The van der Waals surface area contributed by atoms with E-state index >= 15 is 0 Å². The van der Waals surface area contributed by atoms with Gasteiger partial charge in [0.25, 0.3) is 0 Å². The predicted octanol–water partition coefficient (Wildman–Crippen LogP) is 4.26. The molecule has 5 nitrogen and oxygen atoms in total. The summed E-state index contributed by atoms with van der Waals surface area (Å²) in [5, 5.41) is 9.50. The first-order valence-electron chi connectivity index (χ1n) is 10.3. The number of rotatable bonds is 6. The second-order valence-corrected chi connectivity index (χ2v) is 8.74. The van der Waals surface area contributed by atoms with E-state index in [1.807, 2.05) is 41.0 Å².